The molecular weight excluding hydrogens is 400 g/mol. The van der Waals surface area contributed by atoms with Crippen LogP contribution >= 0.6 is 0 Å². The molecule has 0 saturated heterocycles. The van der Waals surface area contributed by atoms with Crippen molar-refractivity contribution in [1.29, 1.82) is 0 Å². The van der Waals surface area contributed by atoms with E-state index >= 15 is 0 Å². The fraction of sp³-hybridized carbons (Fsp3) is 0.0909. The van der Waals surface area contributed by atoms with Crippen LogP contribution in [0.1, 0.15) is 15.9 Å². The number of imidazole rings is 1. The first-order chi connectivity index (χ1) is 15.0. The maximum atomic E-state index is 12.3. The van der Waals surface area contributed by atoms with E-state index in [1.165, 1.54) is 18.2 Å². The highest BCUT2D eigenvalue weighted by atomic mass is 16.6. The standard InChI is InChI=1S/C22H18N4O5/c1-31-18-9-6-16(7-10-18)22(27)23-13-14-2-4-15(5-3-14)21-24-19-11-8-17(26(29)30)12-20(19)25(21)28/h2-12,28H,13H2,1H3,(H,23,27). The molecule has 0 bridgehead atoms. The lowest BCUT2D eigenvalue weighted by atomic mass is 10.1. The Morgan fingerprint density at radius 3 is 2.48 bits per heavy atom. The van der Waals surface area contributed by atoms with Crippen molar-refractivity contribution < 1.29 is 19.7 Å². The van der Waals surface area contributed by atoms with E-state index in [0.29, 0.717) is 28.9 Å². The molecule has 0 aliphatic carbocycles. The first kappa shape index (κ1) is 19.9. The number of hydrogen-bond acceptors (Lipinski definition) is 6. The predicted octanol–water partition coefficient (Wildman–Crippen LogP) is 3.79. The first-order valence-electron chi connectivity index (χ1n) is 9.34. The molecule has 0 spiro atoms. The van der Waals surface area contributed by atoms with Crippen molar-refractivity contribution >= 4 is 22.6 Å². The van der Waals surface area contributed by atoms with Crippen molar-refractivity contribution in [3.8, 4) is 17.1 Å². The number of nitrogens with zero attached hydrogens (tertiary/aromatic N) is 3. The van der Waals surface area contributed by atoms with Gasteiger partial charge in [-0.1, -0.05) is 24.3 Å². The van der Waals surface area contributed by atoms with Gasteiger partial charge in [-0.15, -0.1) is 0 Å². The highest BCUT2D eigenvalue weighted by molar-refractivity contribution is 5.94. The normalized spacial score (nSPS) is 10.7. The van der Waals surface area contributed by atoms with Crippen LogP contribution in [-0.2, 0) is 6.54 Å². The molecule has 9 heteroatoms. The Kier molecular flexibility index (Phi) is 5.23. The van der Waals surface area contributed by atoms with Crippen LogP contribution in [0, 0.1) is 10.1 Å². The van der Waals surface area contributed by atoms with Gasteiger partial charge in [0, 0.05) is 29.8 Å². The molecule has 0 unspecified atom stereocenters. The average Bonchev–Trinajstić information content (AvgIpc) is 3.13. The fourth-order valence-electron chi connectivity index (χ4n) is 3.15. The number of carbonyl (C=O) groups is 1. The summed E-state index contributed by atoms with van der Waals surface area (Å²) in [5.74, 6) is 0.742. The number of amides is 1. The van der Waals surface area contributed by atoms with Gasteiger partial charge in [-0.2, -0.15) is 4.73 Å². The second-order valence-corrected chi connectivity index (χ2v) is 6.79. The zero-order valence-electron chi connectivity index (χ0n) is 16.5. The topological polar surface area (TPSA) is 120 Å². The Bertz CT molecular complexity index is 1260. The number of aromatic nitrogens is 2. The summed E-state index contributed by atoms with van der Waals surface area (Å²) in [7, 11) is 1.56. The molecule has 9 nitrogen and oxygen atoms in total. The van der Waals surface area contributed by atoms with Crippen molar-refractivity contribution in [3.63, 3.8) is 0 Å². The lowest BCUT2D eigenvalue weighted by Crippen LogP contribution is -2.22. The highest BCUT2D eigenvalue weighted by Gasteiger charge is 2.16. The summed E-state index contributed by atoms with van der Waals surface area (Å²) >= 11 is 0. The van der Waals surface area contributed by atoms with Crippen LogP contribution in [0.4, 0.5) is 5.69 Å². The van der Waals surface area contributed by atoms with Crippen LogP contribution in [0.2, 0.25) is 0 Å². The Morgan fingerprint density at radius 2 is 1.84 bits per heavy atom. The van der Waals surface area contributed by atoms with E-state index in [0.717, 1.165) is 10.3 Å². The van der Waals surface area contributed by atoms with Gasteiger partial charge >= 0.3 is 0 Å². The average molecular weight is 418 g/mol. The van der Waals surface area contributed by atoms with Gasteiger partial charge in [-0.3, -0.25) is 14.9 Å². The third-order valence-electron chi connectivity index (χ3n) is 4.84. The van der Waals surface area contributed by atoms with Crippen molar-refractivity contribution in [2.45, 2.75) is 6.54 Å². The second-order valence-electron chi connectivity index (χ2n) is 6.79. The number of hydrogen-bond donors (Lipinski definition) is 2. The van der Waals surface area contributed by atoms with E-state index in [-0.39, 0.29) is 22.9 Å². The number of nitro benzene ring substituents is 1. The van der Waals surface area contributed by atoms with Gasteiger partial charge in [-0.05, 0) is 35.9 Å². The second kappa shape index (κ2) is 8.15. The smallest absolute Gasteiger partial charge is 0.271 e. The summed E-state index contributed by atoms with van der Waals surface area (Å²) in [4.78, 5) is 27.1. The minimum Gasteiger partial charge on any atom is -0.497 e. The predicted molar refractivity (Wildman–Crippen MR) is 113 cm³/mol. The molecule has 31 heavy (non-hydrogen) atoms. The van der Waals surface area contributed by atoms with Crippen molar-refractivity contribution in [2.75, 3.05) is 7.11 Å². The van der Waals surface area contributed by atoms with Gasteiger partial charge in [0.1, 0.15) is 11.3 Å². The van der Waals surface area contributed by atoms with Gasteiger partial charge in [0.15, 0.2) is 5.82 Å². The van der Waals surface area contributed by atoms with Gasteiger partial charge in [0.2, 0.25) is 0 Å². The summed E-state index contributed by atoms with van der Waals surface area (Å²) in [6.07, 6.45) is 0. The van der Waals surface area contributed by atoms with E-state index in [4.69, 9.17) is 4.74 Å². The lowest BCUT2D eigenvalue weighted by Gasteiger charge is -2.07. The van der Waals surface area contributed by atoms with Crippen molar-refractivity contribution in [3.05, 3.63) is 88.0 Å². The van der Waals surface area contributed by atoms with E-state index in [1.54, 1.807) is 43.5 Å². The van der Waals surface area contributed by atoms with Gasteiger partial charge in [0.05, 0.1) is 17.5 Å². The molecule has 2 N–H and O–H groups in total. The molecule has 4 rings (SSSR count). The summed E-state index contributed by atoms with van der Waals surface area (Å²) in [6, 6.07) is 18.1. The van der Waals surface area contributed by atoms with Gasteiger partial charge < -0.3 is 15.3 Å². The molecule has 0 aliphatic heterocycles. The van der Waals surface area contributed by atoms with E-state index in [2.05, 4.69) is 10.3 Å². The molecule has 156 valence electrons. The number of non-ortho nitro benzene ring substituents is 1. The third-order valence-corrected chi connectivity index (χ3v) is 4.84. The first-order valence-corrected chi connectivity index (χ1v) is 9.34. The molecule has 0 aliphatic rings. The van der Waals surface area contributed by atoms with Crippen LogP contribution in [-0.4, -0.2) is 32.9 Å². The number of ether oxygens (including phenoxy) is 1. The summed E-state index contributed by atoms with van der Waals surface area (Å²) in [6.45, 7) is 0.326. The number of carbonyl (C=O) groups excluding carboxylic acids is 1. The Labute approximate surface area is 176 Å². The molecule has 4 aromatic rings. The Balaban J connectivity index is 1.48. The minimum atomic E-state index is -0.527. The molecule has 0 saturated carbocycles. The summed E-state index contributed by atoms with van der Waals surface area (Å²) in [5, 5.41) is 24.2. The van der Waals surface area contributed by atoms with Crippen LogP contribution in [0.15, 0.2) is 66.7 Å². The van der Waals surface area contributed by atoms with Crippen molar-refractivity contribution in [2.24, 2.45) is 0 Å². The monoisotopic (exact) mass is 418 g/mol. The molecule has 0 fully saturated rings. The molecule has 1 amide bonds. The third kappa shape index (κ3) is 4.01. The zero-order valence-corrected chi connectivity index (χ0v) is 16.5. The molecular formula is C22H18N4O5. The lowest BCUT2D eigenvalue weighted by molar-refractivity contribution is -0.384. The van der Waals surface area contributed by atoms with E-state index in [1.807, 2.05) is 12.1 Å². The number of nitrogens with one attached hydrogen (secondary N) is 1. The molecule has 0 atom stereocenters. The molecule has 1 heterocycles. The van der Waals surface area contributed by atoms with Crippen LogP contribution in [0.25, 0.3) is 22.4 Å². The van der Waals surface area contributed by atoms with E-state index < -0.39 is 4.92 Å². The number of methoxy groups -OCH3 is 1. The highest BCUT2D eigenvalue weighted by Crippen LogP contribution is 2.26. The van der Waals surface area contributed by atoms with Crippen LogP contribution < -0.4 is 10.1 Å². The largest absolute Gasteiger partial charge is 0.497 e. The summed E-state index contributed by atoms with van der Waals surface area (Å²) < 4.78 is 5.92. The quantitative estimate of drug-likeness (QED) is 0.279. The van der Waals surface area contributed by atoms with Gasteiger partial charge in [0.25, 0.3) is 11.6 Å². The van der Waals surface area contributed by atoms with Gasteiger partial charge in [-0.25, -0.2) is 4.98 Å². The maximum Gasteiger partial charge on any atom is 0.271 e. The van der Waals surface area contributed by atoms with Crippen molar-refractivity contribution in [1.82, 2.24) is 15.0 Å². The minimum absolute atomic E-state index is 0.128. The number of nitro groups is 1. The maximum absolute atomic E-state index is 12.3. The Morgan fingerprint density at radius 1 is 1.13 bits per heavy atom. The zero-order chi connectivity index (χ0) is 22.0. The number of fused-ring (bicyclic) bond motifs is 1. The molecule has 1 aromatic heterocycles. The van der Waals surface area contributed by atoms with Crippen LogP contribution in [0.3, 0.4) is 0 Å². The summed E-state index contributed by atoms with van der Waals surface area (Å²) in [5.41, 5.74) is 2.59. The fourth-order valence-corrected chi connectivity index (χ4v) is 3.15. The molecule has 0 radical (unpaired) electrons. The van der Waals surface area contributed by atoms with Crippen LogP contribution in [0.5, 0.6) is 5.75 Å². The number of benzene rings is 3. The SMILES string of the molecule is COc1ccc(C(=O)NCc2ccc(-c3nc4ccc([N+](=O)[O-])cc4n3O)cc2)cc1. The van der Waals surface area contributed by atoms with E-state index in [9.17, 15) is 20.1 Å². The molecule has 3 aromatic carbocycles. The number of rotatable bonds is 6. The Hall–Kier alpha value is -4.40.